The third-order valence-corrected chi connectivity index (χ3v) is 4.34. The van der Waals surface area contributed by atoms with Crippen molar-refractivity contribution in [3.05, 3.63) is 53.9 Å². The van der Waals surface area contributed by atoms with Crippen molar-refractivity contribution in [2.24, 2.45) is 0 Å². The molecule has 0 unspecified atom stereocenters. The molecule has 0 saturated carbocycles. The van der Waals surface area contributed by atoms with Crippen LogP contribution in [0.3, 0.4) is 0 Å². The Kier molecular flexibility index (Phi) is 4.72. The zero-order valence-corrected chi connectivity index (χ0v) is 13.1. The highest BCUT2D eigenvalue weighted by Gasteiger charge is 2.26. The van der Waals surface area contributed by atoms with E-state index >= 15 is 0 Å². The number of aromatic nitrogens is 2. The first-order valence-corrected chi connectivity index (χ1v) is 8.02. The number of nitrogens with zero attached hydrogens (tertiary/aromatic N) is 4. The molecule has 0 spiro atoms. The maximum Gasteiger partial charge on any atom is 0.227 e. The molecule has 0 bridgehead atoms. The number of hydrogen-bond acceptors (Lipinski definition) is 3. The Morgan fingerprint density at radius 2 is 2.13 bits per heavy atom. The Hall–Kier alpha value is -2.61. The Morgan fingerprint density at radius 3 is 2.83 bits per heavy atom. The van der Waals surface area contributed by atoms with Gasteiger partial charge in [0.25, 0.3) is 0 Å². The molecule has 1 aliphatic heterocycles. The van der Waals surface area contributed by atoms with Crippen LogP contribution < -0.4 is 0 Å². The van der Waals surface area contributed by atoms with Gasteiger partial charge in [-0.2, -0.15) is 10.4 Å². The van der Waals surface area contributed by atoms with Crippen LogP contribution in [0, 0.1) is 11.3 Å². The molecule has 2 aromatic rings. The minimum atomic E-state index is 0.159. The van der Waals surface area contributed by atoms with Gasteiger partial charge in [-0.05, 0) is 43.0 Å². The van der Waals surface area contributed by atoms with Crippen LogP contribution in [0.2, 0.25) is 0 Å². The minimum absolute atomic E-state index is 0.159. The van der Waals surface area contributed by atoms with Crippen molar-refractivity contribution in [2.45, 2.75) is 38.3 Å². The summed E-state index contributed by atoms with van der Waals surface area (Å²) in [4.78, 5) is 14.7. The van der Waals surface area contributed by atoms with E-state index in [1.54, 1.807) is 18.3 Å². The molecule has 5 nitrogen and oxygen atoms in total. The average Bonchev–Trinajstić information content (AvgIpc) is 3.09. The van der Waals surface area contributed by atoms with E-state index in [-0.39, 0.29) is 11.9 Å². The quantitative estimate of drug-likeness (QED) is 0.871. The van der Waals surface area contributed by atoms with Crippen molar-refractivity contribution in [3.63, 3.8) is 0 Å². The van der Waals surface area contributed by atoms with Crippen LogP contribution in [-0.2, 0) is 17.8 Å². The minimum Gasteiger partial charge on any atom is -0.338 e. The summed E-state index contributed by atoms with van der Waals surface area (Å²) in [7, 11) is 0. The third-order valence-electron chi connectivity index (χ3n) is 4.34. The summed E-state index contributed by atoms with van der Waals surface area (Å²) in [5.41, 5.74) is 1.58. The predicted octanol–water partition coefficient (Wildman–Crippen LogP) is 2.38. The molecular formula is C18H20N4O. The van der Waals surface area contributed by atoms with Crippen LogP contribution >= 0.6 is 0 Å². The molecule has 1 fully saturated rings. The number of hydrogen-bond donors (Lipinski definition) is 0. The predicted molar refractivity (Wildman–Crippen MR) is 86.4 cm³/mol. The number of benzene rings is 1. The summed E-state index contributed by atoms with van der Waals surface area (Å²) in [5, 5.41) is 13.1. The average molecular weight is 308 g/mol. The molecule has 0 N–H and O–H groups in total. The second kappa shape index (κ2) is 7.10. The number of piperidine rings is 1. The van der Waals surface area contributed by atoms with Gasteiger partial charge in [0.2, 0.25) is 5.91 Å². The molecule has 1 aromatic heterocycles. The highest BCUT2D eigenvalue weighted by Crippen LogP contribution is 2.20. The summed E-state index contributed by atoms with van der Waals surface area (Å²) >= 11 is 0. The maximum absolute atomic E-state index is 12.7. The second-order valence-electron chi connectivity index (χ2n) is 5.95. The van der Waals surface area contributed by atoms with Crippen LogP contribution in [0.15, 0.2) is 42.7 Å². The van der Waals surface area contributed by atoms with E-state index < -0.39 is 0 Å². The summed E-state index contributed by atoms with van der Waals surface area (Å²) in [6.45, 7) is 1.58. The van der Waals surface area contributed by atoms with Crippen molar-refractivity contribution in [3.8, 4) is 6.07 Å². The zero-order chi connectivity index (χ0) is 16.1. The number of rotatable bonds is 4. The number of likely N-dealkylation sites (tertiary alicyclic amines) is 1. The third kappa shape index (κ3) is 3.78. The van der Waals surface area contributed by atoms with Crippen LogP contribution in [0.25, 0.3) is 0 Å². The Labute approximate surface area is 136 Å². The topological polar surface area (TPSA) is 61.9 Å². The lowest BCUT2D eigenvalue weighted by Crippen LogP contribution is -2.46. The molecule has 1 aromatic carbocycles. The lowest BCUT2D eigenvalue weighted by atomic mass is 10.0. The molecule has 118 valence electrons. The summed E-state index contributed by atoms with van der Waals surface area (Å²) in [6, 6.07) is 11.5. The fourth-order valence-electron chi connectivity index (χ4n) is 3.12. The van der Waals surface area contributed by atoms with Gasteiger partial charge in [-0.25, -0.2) is 0 Å². The van der Waals surface area contributed by atoms with E-state index in [0.717, 1.165) is 37.9 Å². The highest BCUT2D eigenvalue weighted by molar-refractivity contribution is 5.79. The van der Waals surface area contributed by atoms with E-state index in [1.165, 1.54) is 0 Å². The summed E-state index contributed by atoms with van der Waals surface area (Å²) in [5.74, 6) is 0.159. The first-order valence-electron chi connectivity index (χ1n) is 8.02. The molecule has 3 rings (SSSR count). The van der Waals surface area contributed by atoms with E-state index in [1.807, 2.05) is 34.0 Å². The molecule has 2 heterocycles. The van der Waals surface area contributed by atoms with Crippen molar-refractivity contribution in [1.29, 1.82) is 5.26 Å². The fourth-order valence-corrected chi connectivity index (χ4v) is 3.12. The molecule has 1 atom stereocenters. The Balaban J connectivity index is 1.66. The van der Waals surface area contributed by atoms with Gasteiger partial charge in [0.15, 0.2) is 0 Å². The van der Waals surface area contributed by atoms with Crippen molar-refractivity contribution < 1.29 is 4.79 Å². The number of nitriles is 1. The van der Waals surface area contributed by atoms with Crippen LogP contribution in [-0.4, -0.2) is 33.2 Å². The molecule has 0 aliphatic carbocycles. The van der Waals surface area contributed by atoms with E-state index in [2.05, 4.69) is 11.2 Å². The van der Waals surface area contributed by atoms with Gasteiger partial charge in [-0.3, -0.25) is 9.48 Å². The number of amides is 1. The lowest BCUT2D eigenvalue weighted by Gasteiger charge is -2.36. The van der Waals surface area contributed by atoms with E-state index in [0.29, 0.717) is 12.0 Å². The first-order chi connectivity index (χ1) is 11.3. The van der Waals surface area contributed by atoms with Crippen LogP contribution in [0.4, 0.5) is 0 Å². The van der Waals surface area contributed by atoms with Crippen LogP contribution in [0.5, 0.6) is 0 Å². The Bertz CT molecular complexity index is 685. The van der Waals surface area contributed by atoms with Gasteiger partial charge in [0.05, 0.1) is 30.6 Å². The zero-order valence-electron chi connectivity index (χ0n) is 13.1. The largest absolute Gasteiger partial charge is 0.338 e. The van der Waals surface area contributed by atoms with Gasteiger partial charge in [0, 0.05) is 18.9 Å². The van der Waals surface area contributed by atoms with E-state index in [9.17, 15) is 4.79 Å². The second-order valence-corrected chi connectivity index (χ2v) is 5.95. The molecule has 1 amide bonds. The van der Waals surface area contributed by atoms with Gasteiger partial charge in [-0.1, -0.05) is 12.1 Å². The molecule has 1 aliphatic rings. The summed E-state index contributed by atoms with van der Waals surface area (Å²) < 4.78 is 1.90. The smallest absolute Gasteiger partial charge is 0.227 e. The van der Waals surface area contributed by atoms with Crippen molar-refractivity contribution in [2.75, 3.05) is 6.54 Å². The Morgan fingerprint density at radius 1 is 1.30 bits per heavy atom. The van der Waals surface area contributed by atoms with E-state index in [4.69, 9.17) is 5.26 Å². The highest BCUT2D eigenvalue weighted by atomic mass is 16.2. The maximum atomic E-state index is 12.7. The monoisotopic (exact) mass is 308 g/mol. The van der Waals surface area contributed by atoms with Crippen molar-refractivity contribution >= 4 is 5.91 Å². The molecule has 5 heteroatoms. The van der Waals surface area contributed by atoms with Gasteiger partial charge >= 0.3 is 0 Å². The fraction of sp³-hybridized carbons (Fsp3) is 0.389. The molecular weight excluding hydrogens is 288 g/mol. The normalized spacial score (nSPS) is 17.7. The van der Waals surface area contributed by atoms with Gasteiger partial charge < -0.3 is 4.90 Å². The van der Waals surface area contributed by atoms with Gasteiger partial charge in [-0.15, -0.1) is 0 Å². The molecule has 0 radical (unpaired) electrons. The number of carbonyl (C=O) groups is 1. The lowest BCUT2D eigenvalue weighted by molar-refractivity contribution is -0.134. The standard InChI is InChI=1S/C18H20N4O/c19-13-16-7-5-15(6-8-16)12-18(23)22-11-2-1-4-17(22)14-21-10-3-9-20-21/h3,5-10,17H,1-2,4,11-12,14H2/t17-/m1/s1. The SMILES string of the molecule is N#Cc1ccc(CC(=O)N2CCCC[C@@H]2Cn2cccn2)cc1. The molecule has 1 saturated heterocycles. The molecule has 23 heavy (non-hydrogen) atoms. The summed E-state index contributed by atoms with van der Waals surface area (Å²) in [6.07, 6.45) is 7.35. The van der Waals surface area contributed by atoms with Crippen LogP contribution in [0.1, 0.15) is 30.4 Å². The number of carbonyl (C=O) groups excluding carboxylic acids is 1. The first kappa shape index (κ1) is 15.3. The van der Waals surface area contributed by atoms with Gasteiger partial charge in [0.1, 0.15) is 0 Å². The van der Waals surface area contributed by atoms with Crippen molar-refractivity contribution in [1.82, 2.24) is 14.7 Å².